The summed E-state index contributed by atoms with van der Waals surface area (Å²) in [6, 6.07) is 72.4. The van der Waals surface area contributed by atoms with Crippen molar-refractivity contribution >= 4 is 66.7 Å². The van der Waals surface area contributed by atoms with Gasteiger partial charge in [-0.05, 0) is 124 Å². The van der Waals surface area contributed by atoms with Crippen LogP contribution in [0.5, 0.6) is 0 Å². The van der Waals surface area contributed by atoms with Gasteiger partial charge in [-0.25, -0.2) is 15.0 Å². The molecule has 0 atom stereocenters. The smallest absolute Gasteiger partial charge is 0.252 e. The summed E-state index contributed by atoms with van der Waals surface area (Å²) in [5.41, 5.74) is 22.6. The maximum absolute atomic E-state index is 5.45. The summed E-state index contributed by atoms with van der Waals surface area (Å²) in [7, 11) is 0. The van der Waals surface area contributed by atoms with Gasteiger partial charge in [-0.3, -0.25) is 0 Å². The Morgan fingerprint density at radius 2 is 0.733 bits per heavy atom. The quantitative estimate of drug-likeness (QED) is 0.150. The van der Waals surface area contributed by atoms with E-state index in [1.165, 1.54) is 169 Å². The number of aromatic nitrogens is 5. The number of hydrogen-bond donors (Lipinski definition) is 0. The fourth-order valence-corrected chi connectivity index (χ4v) is 14.3. The Labute approximate surface area is 437 Å². The minimum atomic E-state index is 0.00351. The fourth-order valence-electron chi connectivity index (χ4n) is 14.3. The molecule has 9 aromatic carbocycles. The lowest BCUT2D eigenvalue weighted by atomic mass is 9.34. The summed E-state index contributed by atoms with van der Waals surface area (Å²) in [6.07, 6.45) is 12.7. The highest BCUT2D eigenvalue weighted by Gasteiger charge is 2.43. The van der Waals surface area contributed by atoms with E-state index in [0.29, 0.717) is 29.3 Å². The van der Waals surface area contributed by atoms with Crippen molar-refractivity contribution in [1.29, 1.82) is 0 Å². The Hall–Kier alpha value is -8.35. The van der Waals surface area contributed by atoms with Crippen molar-refractivity contribution in [2.45, 2.75) is 76.0 Å². The molecule has 0 spiro atoms. The minimum absolute atomic E-state index is 0.00351. The maximum Gasteiger partial charge on any atom is 0.252 e. The van der Waals surface area contributed by atoms with Crippen molar-refractivity contribution in [2.75, 3.05) is 0 Å². The van der Waals surface area contributed by atoms with Gasteiger partial charge in [-0.2, -0.15) is 0 Å². The molecule has 2 fully saturated rings. The first-order chi connectivity index (χ1) is 37.2. The molecule has 0 amide bonds. The average molecular weight is 964 g/mol. The van der Waals surface area contributed by atoms with Crippen LogP contribution in [-0.4, -0.2) is 30.8 Å². The molecule has 16 rings (SSSR count). The van der Waals surface area contributed by atoms with Crippen LogP contribution in [0, 0.1) is 0 Å². The Morgan fingerprint density at radius 3 is 1.15 bits per heavy atom. The van der Waals surface area contributed by atoms with Gasteiger partial charge < -0.3 is 9.13 Å². The zero-order chi connectivity index (χ0) is 49.1. The third kappa shape index (κ3) is 6.67. The lowest BCUT2D eigenvalue weighted by molar-refractivity contribution is 0.445. The van der Waals surface area contributed by atoms with E-state index in [1.54, 1.807) is 0 Å². The second-order valence-corrected chi connectivity index (χ2v) is 21.9. The molecule has 0 N–H and O–H groups in total. The molecule has 0 saturated heterocycles. The molecule has 358 valence electrons. The van der Waals surface area contributed by atoms with Crippen LogP contribution in [0.2, 0.25) is 0 Å². The lowest BCUT2D eigenvalue weighted by Crippen LogP contribution is -2.59. The third-order valence-corrected chi connectivity index (χ3v) is 17.7. The largest absolute Gasteiger partial charge is 0.310 e. The Kier molecular flexibility index (Phi) is 9.83. The van der Waals surface area contributed by atoms with Crippen molar-refractivity contribution in [1.82, 2.24) is 24.1 Å². The highest BCUT2D eigenvalue weighted by molar-refractivity contribution is 7.00. The van der Waals surface area contributed by atoms with Gasteiger partial charge in [-0.15, -0.1) is 0 Å². The van der Waals surface area contributed by atoms with Gasteiger partial charge in [0.05, 0.1) is 11.0 Å². The molecule has 4 aliphatic rings. The molecule has 2 saturated carbocycles. The van der Waals surface area contributed by atoms with Gasteiger partial charge in [0, 0.05) is 60.6 Å². The summed E-state index contributed by atoms with van der Waals surface area (Å²) >= 11 is 0. The average Bonchev–Trinajstić information content (AvgIpc) is 4.05. The van der Waals surface area contributed by atoms with Crippen LogP contribution >= 0.6 is 0 Å². The van der Waals surface area contributed by atoms with Crippen LogP contribution in [0.3, 0.4) is 0 Å². The molecule has 5 heterocycles. The molecule has 3 aromatic heterocycles. The van der Waals surface area contributed by atoms with Crippen LogP contribution in [0.1, 0.15) is 87.2 Å². The summed E-state index contributed by atoms with van der Waals surface area (Å²) in [5, 5.41) is 5.52. The zero-order valence-electron chi connectivity index (χ0n) is 42.0. The van der Waals surface area contributed by atoms with E-state index in [4.69, 9.17) is 15.0 Å². The molecule has 0 radical (unpaired) electrons. The van der Waals surface area contributed by atoms with E-state index in [1.807, 2.05) is 0 Å². The number of fused-ring (bicyclic) bond motifs is 10. The molecule has 5 nitrogen and oxygen atoms in total. The molecule has 0 unspecified atom stereocenters. The summed E-state index contributed by atoms with van der Waals surface area (Å²) in [6.45, 7) is 0.00351. The minimum Gasteiger partial charge on any atom is -0.310 e. The van der Waals surface area contributed by atoms with Gasteiger partial charge in [0.25, 0.3) is 6.71 Å². The Balaban J connectivity index is 1.06. The highest BCUT2D eigenvalue weighted by atomic mass is 15.1. The van der Waals surface area contributed by atoms with Crippen LogP contribution in [-0.2, 0) is 0 Å². The van der Waals surface area contributed by atoms with Gasteiger partial charge in [0.1, 0.15) is 0 Å². The first-order valence-corrected chi connectivity index (χ1v) is 27.6. The van der Waals surface area contributed by atoms with Crippen molar-refractivity contribution < 1.29 is 0 Å². The molecule has 2 aliphatic heterocycles. The van der Waals surface area contributed by atoms with Crippen LogP contribution in [0.15, 0.2) is 194 Å². The monoisotopic (exact) mass is 963 g/mol. The Morgan fingerprint density at radius 1 is 0.347 bits per heavy atom. The molecule has 0 bridgehead atoms. The zero-order valence-corrected chi connectivity index (χ0v) is 42.0. The van der Waals surface area contributed by atoms with Gasteiger partial charge in [0.2, 0.25) is 0 Å². The summed E-state index contributed by atoms with van der Waals surface area (Å²) < 4.78 is 5.32. The van der Waals surface area contributed by atoms with Gasteiger partial charge in [0.15, 0.2) is 17.5 Å². The molecule has 12 aromatic rings. The van der Waals surface area contributed by atoms with Gasteiger partial charge >= 0.3 is 0 Å². The van der Waals surface area contributed by atoms with Crippen LogP contribution < -0.4 is 16.4 Å². The SMILES string of the molecule is c1ccc(-c2ccc3c(c2)c2c(C4CCCCC4)ccc4c2n3-c2cc(-c3nc(-c5ccccc5)nc(-c5ccccc5)n3)cc3c2B4c2ccc(C4CCCCC4)c4c5cc(-c6ccccc6)ccc5n-3c24)cc1. The molecule has 2 aliphatic carbocycles. The molecule has 75 heavy (non-hydrogen) atoms. The van der Waals surface area contributed by atoms with Crippen molar-refractivity contribution in [3.05, 3.63) is 205 Å². The van der Waals surface area contributed by atoms with Crippen LogP contribution in [0.25, 0.3) is 111 Å². The topological polar surface area (TPSA) is 48.5 Å². The first-order valence-electron chi connectivity index (χ1n) is 27.6. The number of rotatable bonds is 7. The van der Waals surface area contributed by atoms with E-state index in [9.17, 15) is 0 Å². The third-order valence-electron chi connectivity index (χ3n) is 17.7. The van der Waals surface area contributed by atoms with E-state index in [-0.39, 0.29) is 6.71 Å². The molecule has 6 heteroatoms. The van der Waals surface area contributed by atoms with Crippen molar-refractivity contribution in [2.24, 2.45) is 0 Å². The van der Waals surface area contributed by atoms with E-state index >= 15 is 0 Å². The number of nitrogens with zero attached hydrogens (tertiary/aromatic N) is 5. The van der Waals surface area contributed by atoms with Crippen LogP contribution in [0.4, 0.5) is 0 Å². The van der Waals surface area contributed by atoms with E-state index in [2.05, 4.69) is 203 Å². The lowest BCUT2D eigenvalue weighted by Gasteiger charge is -2.35. The molecular weight excluding hydrogens is 910 g/mol. The Bertz CT molecular complexity index is 3980. The highest BCUT2D eigenvalue weighted by Crippen LogP contribution is 2.48. The summed E-state index contributed by atoms with van der Waals surface area (Å²) in [4.78, 5) is 16.1. The predicted molar refractivity (Wildman–Crippen MR) is 312 cm³/mol. The van der Waals surface area contributed by atoms with Gasteiger partial charge in [-0.1, -0.05) is 196 Å². The molecular formula is C69H54BN5. The number of benzene rings is 9. The van der Waals surface area contributed by atoms with Crippen molar-refractivity contribution in [3.8, 4) is 67.8 Å². The maximum atomic E-state index is 5.45. The van der Waals surface area contributed by atoms with E-state index in [0.717, 1.165) is 16.7 Å². The second kappa shape index (κ2) is 17.1. The predicted octanol–water partition coefficient (Wildman–Crippen LogP) is 15.6. The van der Waals surface area contributed by atoms with E-state index < -0.39 is 0 Å². The fraction of sp³-hybridized carbons (Fsp3) is 0.174. The summed E-state index contributed by atoms with van der Waals surface area (Å²) in [5.74, 6) is 3.03. The second-order valence-electron chi connectivity index (χ2n) is 21.9. The number of hydrogen-bond acceptors (Lipinski definition) is 3. The first kappa shape index (κ1) is 43.1. The normalized spacial score (nSPS) is 15.3. The standard InChI is InChI=1S/C69H54BN5/c1-7-19-43(20-8-1)49-31-37-58-54(39-49)62-52(45-23-11-3-12-24-45)33-35-56-65(62)74(58)60-41-51(69-72-67(47-27-15-5-16-28-47)71-68(73-69)48-29-17-6-18-30-48)42-61-64(60)70(56)57-36-34-53(46-25-13-4-14-26-46)63-55-40-50(44-21-9-2-10-22-44)32-38-59(55)75(61)66(57)63/h1-2,5-10,15-22,27-42,45-46H,3-4,11-14,23-26H2. The van der Waals surface area contributed by atoms with Crippen molar-refractivity contribution in [3.63, 3.8) is 0 Å².